The number of nitrogens with two attached hydrogens (primary N) is 1. The van der Waals surface area contributed by atoms with E-state index in [1.54, 1.807) is 11.3 Å². The van der Waals surface area contributed by atoms with Crippen LogP contribution in [0.4, 0.5) is 0 Å². The lowest BCUT2D eigenvalue weighted by Crippen LogP contribution is -2.45. The fraction of sp³-hybridized carbons (Fsp3) is 0.636. The van der Waals surface area contributed by atoms with Gasteiger partial charge in [-0.1, -0.05) is 6.07 Å². The molecule has 0 amide bonds. The lowest BCUT2D eigenvalue weighted by atomic mass is 10.1. The number of sulfone groups is 1. The van der Waals surface area contributed by atoms with Crippen molar-refractivity contribution in [3.05, 3.63) is 22.4 Å². The summed E-state index contributed by atoms with van der Waals surface area (Å²) in [5, 5.41) is 2.03. The van der Waals surface area contributed by atoms with Crippen molar-refractivity contribution in [2.75, 3.05) is 18.6 Å². The summed E-state index contributed by atoms with van der Waals surface area (Å²) in [6.45, 7) is 2.09. The monoisotopic (exact) mass is 274 g/mol. The summed E-state index contributed by atoms with van der Waals surface area (Å²) in [5.74, 6) is 0.291. The van der Waals surface area contributed by atoms with Gasteiger partial charge in [0.05, 0.1) is 11.5 Å². The summed E-state index contributed by atoms with van der Waals surface area (Å²) in [7, 11) is -1.00. The molecule has 1 saturated heterocycles. The zero-order valence-electron chi connectivity index (χ0n) is 10.0. The van der Waals surface area contributed by atoms with Crippen LogP contribution in [0.1, 0.15) is 17.8 Å². The molecule has 2 heterocycles. The van der Waals surface area contributed by atoms with E-state index in [2.05, 4.69) is 17.9 Å². The molecule has 0 bridgehead atoms. The van der Waals surface area contributed by atoms with Crippen LogP contribution in [0, 0.1) is 0 Å². The Bertz CT molecular complexity index is 470. The maximum atomic E-state index is 11.6. The van der Waals surface area contributed by atoms with Gasteiger partial charge in [-0.05, 0) is 25.4 Å². The average Bonchev–Trinajstić information content (AvgIpc) is 2.83. The molecule has 0 aliphatic carbocycles. The molecule has 1 aliphatic heterocycles. The molecule has 4 nitrogen and oxygen atoms in total. The summed E-state index contributed by atoms with van der Waals surface area (Å²) < 4.78 is 23.1. The van der Waals surface area contributed by atoms with Crippen LogP contribution >= 0.6 is 11.3 Å². The Kier molecular flexibility index (Phi) is 3.58. The van der Waals surface area contributed by atoms with Crippen LogP contribution in [0.25, 0.3) is 0 Å². The normalized spacial score (nSPS) is 29.6. The molecule has 96 valence electrons. The Morgan fingerprint density at radius 1 is 1.53 bits per heavy atom. The third-order valence-electron chi connectivity index (χ3n) is 3.45. The Morgan fingerprint density at radius 3 is 2.71 bits per heavy atom. The molecule has 0 spiro atoms. The van der Waals surface area contributed by atoms with Gasteiger partial charge in [0, 0.05) is 23.0 Å². The van der Waals surface area contributed by atoms with Gasteiger partial charge in [-0.2, -0.15) is 0 Å². The third kappa shape index (κ3) is 2.70. The van der Waals surface area contributed by atoms with E-state index in [-0.39, 0.29) is 29.6 Å². The fourth-order valence-electron chi connectivity index (χ4n) is 2.29. The Morgan fingerprint density at radius 2 is 2.24 bits per heavy atom. The highest BCUT2D eigenvalue weighted by atomic mass is 32.2. The average molecular weight is 274 g/mol. The van der Waals surface area contributed by atoms with Crippen molar-refractivity contribution in [2.24, 2.45) is 5.73 Å². The largest absolute Gasteiger partial charge is 0.325 e. The lowest BCUT2D eigenvalue weighted by molar-refractivity contribution is 0.190. The first-order chi connectivity index (χ1) is 7.91. The van der Waals surface area contributed by atoms with Gasteiger partial charge in [-0.15, -0.1) is 11.3 Å². The third-order valence-corrected chi connectivity index (χ3v) is 6.24. The molecule has 2 N–H and O–H groups in total. The van der Waals surface area contributed by atoms with Gasteiger partial charge < -0.3 is 5.73 Å². The van der Waals surface area contributed by atoms with E-state index in [4.69, 9.17) is 5.73 Å². The highest BCUT2D eigenvalue weighted by molar-refractivity contribution is 7.91. The Hall–Kier alpha value is -0.430. The predicted octanol–water partition coefficient (Wildman–Crippen LogP) is 0.865. The zero-order valence-corrected chi connectivity index (χ0v) is 11.7. The van der Waals surface area contributed by atoms with Crippen LogP contribution in [-0.2, 0) is 9.84 Å². The molecule has 2 rings (SSSR count). The summed E-state index contributed by atoms with van der Waals surface area (Å²) in [6, 6.07) is 3.94. The van der Waals surface area contributed by atoms with Crippen LogP contribution in [-0.4, -0.2) is 44.0 Å². The van der Waals surface area contributed by atoms with Gasteiger partial charge in [-0.3, -0.25) is 4.90 Å². The summed E-state index contributed by atoms with van der Waals surface area (Å²) in [4.78, 5) is 3.32. The van der Waals surface area contributed by atoms with Gasteiger partial charge in [0.25, 0.3) is 0 Å². The van der Waals surface area contributed by atoms with E-state index in [1.165, 1.54) is 4.88 Å². The molecule has 3 atom stereocenters. The number of likely N-dealkylation sites (N-methyl/N-ethyl adjacent to an activating group) is 1. The van der Waals surface area contributed by atoms with E-state index >= 15 is 0 Å². The van der Waals surface area contributed by atoms with E-state index in [1.807, 2.05) is 18.5 Å². The number of rotatable bonds is 3. The minimum atomic E-state index is -2.96. The molecular formula is C11H18N2O2S2. The lowest BCUT2D eigenvalue weighted by Gasteiger charge is -2.31. The SMILES string of the molecule is CC(c1cccs1)N(C)C1CS(=O)(=O)CC1N. The highest BCUT2D eigenvalue weighted by Crippen LogP contribution is 2.28. The summed E-state index contributed by atoms with van der Waals surface area (Å²) >= 11 is 1.69. The zero-order chi connectivity index (χ0) is 12.6. The van der Waals surface area contributed by atoms with Crippen LogP contribution < -0.4 is 5.73 Å². The molecule has 0 aromatic carbocycles. The van der Waals surface area contributed by atoms with Gasteiger partial charge in [0.2, 0.25) is 0 Å². The van der Waals surface area contributed by atoms with Crippen molar-refractivity contribution in [3.63, 3.8) is 0 Å². The number of thiophene rings is 1. The van der Waals surface area contributed by atoms with Crippen molar-refractivity contribution in [2.45, 2.75) is 25.0 Å². The number of nitrogens with zero attached hydrogens (tertiary/aromatic N) is 1. The van der Waals surface area contributed by atoms with Gasteiger partial charge in [0.1, 0.15) is 0 Å². The minimum absolute atomic E-state index is 0.0721. The summed E-state index contributed by atoms with van der Waals surface area (Å²) in [5.41, 5.74) is 5.93. The molecule has 1 fully saturated rings. The van der Waals surface area contributed by atoms with Crippen LogP contribution in [0.15, 0.2) is 17.5 Å². The molecular weight excluding hydrogens is 256 g/mol. The van der Waals surface area contributed by atoms with Crippen LogP contribution in [0.2, 0.25) is 0 Å². The topological polar surface area (TPSA) is 63.4 Å². The molecule has 1 aliphatic rings. The van der Waals surface area contributed by atoms with Gasteiger partial charge in [-0.25, -0.2) is 8.42 Å². The first-order valence-electron chi connectivity index (χ1n) is 5.62. The van der Waals surface area contributed by atoms with E-state index < -0.39 is 9.84 Å². The van der Waals surface area contributed by atoms with E-state index in [0.717, 1.165) is 0 Å². The molecule has 6 heteroatoms. The standard InChI is InChI=1S/C11H18N2O2S2/c1-8(11-4-3-5-16-11)13(2)10-7-17(14,15)6-9(10)12/h3-5,8-10H,6-7,12H2,1-2H3. The van der Waals surface area contributed by atoms with Crippen molar-refractivity contribution in [3.8, 4) is 0 Å². The van der Waals surface area contributed by atoms with Crippen LogP contribution in [0.3, 0.4) is 0 Å². The predicted molar refractivity (Wildman–Crippen MR) is 70.9 cm³/mol. The van der Waals surface area contributed by atoms with Crippen LogP contribution in [0.5, 0.6) is 0 Å². The maximum Gasteiger partial charge on any atom is 0.153 e. The molecule has 17 heavy (non-hydrogen) atoms. The maximum absolute atomic E-state index is 11.6. The van der Waals surface area contributed by atoms with Crippen molar-refractivity contribution in [1.29, 1.82) is 0 Å². The molecule has 0 radical (unpaired) electrons. The minimum Gasteiger partial charge on any atom is -0.325 e. The molecule has 3 unspecified atom stereocenters. The second-order valence-corrected chi connectivity index (χ2v) is 7.80. The second-order valence-electron chi connectivity index (χ2n) is 4.66. The van der Waals surface area contributed by atoms with E-state index in [9.17, 15) is 8.42 Å². The summed E-state index contributed by atoms with van der Waals surface area (Å²) in [6.07, 6.45) is 0. The highest BCUT2D eigenvalue weighted by Gasteiger charge is 2.39. The van der Waals surface area contributed by atoms with E-state index in [0.29, 0.717) is 0 Å². The number of hydrogen-bond acceptors (Lipinski definition) is 5. The smallest absolute Gasteiger partial charge is 0.153 e. The Balaban J connectivity index is 2.13. The molecule has 1 aromatic heterocycles. The first-order valence-corrected chi connectivity index (χ1v) is 8.32. The fourth-order valence-corrected chi connectivity index (χ4v) is 5.07. The molecule has 0 saturated carbocycles. The Labute approximate surface area is 106 Å². The van der Waals surface area contributed by atoms with Gasteiger partial charge in [0.15, 0.2) is 9.84 Å². The first kappa shape index (κ1) is 13.0. The molecule has 1 aromatic rings. The van der Waals surface area contributed by atoms with Crippen molar-refractivity contribution >= 4 is 21.2 Å². The quantitative estimate of drug-likeness (QED) is 0.888. The second kappa shape index (κ2) is 4.68. The van der Waals surface area contributed by atoms with Crippen molar-refractivity contribution in [1.82, 2.24) is 4.90 Å². The number of hydrogen-bond donors (Lipinski definition) is 1. The van der Waals surface area contributed by atoms with Crippen molar-refractivity contribution < 1.29 is 8.42 Å². The van der Waals surface area contributed by atoms with Gasteiger partial charge >= 0.3 is 0 Å².